The van der Waals surface area contributed by atoms with Gasteiger partial charge in [-0.15, -0.1) is 0 Å². The van der Waals surface area contributed by atoms with E-state index in [4.69, 9.17) is 0 Å². The van der Waals surface area contributed by atoms with E-state index >= 15 is 0 Å². The van der Waals surface area contributed by atoms with E-state index in [0.717, 1.165) is 25.9 Å². The molecule has 0 aliphatic carbocycles. The van der Waals surface area contributed by atoms with Gasteiger partial charge in [-0.2, -0.15) is 0 Å². The van der Waals surface area contributed by atoms with Crippen LogP contribution in [0.25, 0.3) is 0 Å². The summed E-state index contributed by atoms with van der Waals surface area (Å²) >= 11 is 0. The van der Waals surface area contributed by atoms with Gasteiger partial charge in [-0.05, 0) is 26.4 Å². The summed E-state index contributed by atoms with van der Waals surface area (Å²) in [4.78, 5) is 2.17. The van der Waals surface area contributed by atoms with Gasteiger partial charge in [0.1, 0.15) is 0 Å². The topological polar surface area (TPSA) is 15.3 Å². The number of nitrogens with zero attached hydrogens (tertiary/aromatic N) is 1. The number of likely N-dealkylation sites (tertiary alicyclic amines) is 1. The minimum absolute atomic E-state index is 0.168. The first-order chi connectivity index (χ1) is 5.68. The summed E-state index contributed by atoms with van der Waals surface area (Å²) in [5, 5.41) is 2.86. The van der Waals surface area contributed by atoms with E-state index in [9.17, 15) is 8.78 Å². The molecule has 1 rings (SSSR count). The lowest BCUT2D eigenvalue weighted by molar-refractivity contribution is 0.131. The Morgan fingerprint density at radius 3 is 2.92 bits per heavy atom. The molecule has 2 nitrogen and oxygen atoms in total. The Bertz CT molecular complexity index is 130. The molecule has 4 heteroatoms. The van der Waals surface area contributed by atoms with Crippen molar-refractivity contribution in [1.82, 2.24) is 10.2 Å². The fraction of sp³-hybridized carbons (Fsp3) is 1.00. The molecule has 1 atom stereocenters. The van der Waals surface area contributed by atoms with Crippen LogP contribution in [0.2, 0.25) is 0 Å². The molecule has 72 valence electrons. The van der Waals surface area contributed by atoms with Crippen LogP contribution in [0.1, 0.15) is 12.8 Å². The van der Waals surface area contributed by atoms with Crippen LogP contribution >= 0.6 is 0 Å². The Morgan fingerprint density at radius 1 is 1.58 bits per heavy atom. The molecule has 1 fully saturated rings. The number of halogens is 2. The Balaban J connectivity index is 2.14. The maximum absolute atomic E-state index is 11.8. The number of likely N-dealkylation sites (N-methyl/N-ethyl adjacent to an activating group) is 1. The van der Waals surface area contributed by atoms with Crippen LogP contribution < -0.4 is 5.32 Å². The van der Waals surface area contributed by atoms with E-state index in [-0.39, 0.29) is 12.6 Å². The Labute approximate surface area is 71.9 Å². The molecule has 0 amide bonds. The third-order valence-corrected chi connectivity index (χ3v) is 2.19. The smallest absolute Gasteiger partial charge is 0.250 e. The summed E-state index contributed by atoms with van der Waals surface area (Å²) in [7, 11) is 2.02. The molecule has 0 saturated carbocycles. The van der Waals surface area contributed by atoms with Crippen molar-refractivity contribution in [3.8, 4) is 0 Å². The van der Waals surface area contributed by atoms with E-state index in [1.54, 1.807) is 0 Å². The van der Waals surface area contributed by atoms with Crippen molar-refractivity contribution in [2.75, 3.05) is 26.7 Å². The van der Waals surface area contributed by atoms with Crippen molar-refractivity contribution in [3.63, 3.8) is 0 Å². The number of rotatable bonds is 3. The summed E-state index contributed by atoms with van der Waals surface area (Å²) < 4.78 is 23.6. The molecule has 12 heavy (non-hydrogen) atoms. The van der Waals surface area contributed by atoms with Crippen molar-refractivity contribution >= 4 is 0 Å². The van der Waals surface area contributed by atoms with Crippen LogP contribution in [0.5, 0.6) is 0 Å². The molecule has 1 N–H and O–H groups in total. The van der Waals surface area contributed by atoms with Crippen molar-refractivity contribution < 1.29 is 8.78 Å². The van der Waals surface area contributed by atoms with Gasteiger partial charge < -0.3 is 10.2 Å². The Kier molecular flexibility index (Phi) is 3.88. The van der Waals surface area contributed by atoms with Crippen LogP contribution in [0.3, 0.4) is 0 Å². The molecule has 1 aliphatic heterocycles. The van der Waals surface area contributed by atoms with Gasteiger partial charge in [0.05, 0.1) is 6.54 Å². The fourth-order valence-electron chi connectivity index (χ4n) is 1.59. The van der Waals surface area contributed by atoms with Crippen molar-refractivity contribution in [1.29, 1.82) is 0 Å². The van der Waals surface area contributed by atoms with Crippen LogP contribution in [0.15, 0.2) is 0 Å². The molecule has 0 bridgehead atoms. The average molecular weight is 178 g/mol. The Hall–Kier alpha value is -0.220. The lowest BCUT2D eigenvalue weighted by Crippen LogP contribution is -2.45. The van der Waals surface area contributed by atoms with Gasteiger partial charge in [-0.3, -0.25) is 0 Å². The molecule has 1 aliphatic rings. The number of piperidine rings is 1. The van der Waals surface area contributed by atoms with Gasteiger partial charge in [0.15, 0.2) is 0 Å². The Morgan fingerprint density at radius 2 is 2.33 bits per heavy atom. The summed E-state index contributed by atoms with van der Waals surface area (Å²) in [6, 6.07) is 0.262. The van der Waals surface area contributed by atoms with E-state index in [2.05, 4.69) is 10.2 Å². The number of nitrogens with one attached hydrogen (secondary N) is 1. The minimum atomic E-state index is -2.22. The van der Waals surface area contributed by atoms with Gasteiger partial charge >= 0.3 is 0 Å². The second-order valence-electron chi connectivity index (χ2n) is 3.40. The lowest BCUT2D eigenvalue weighted by Gasteiger charge is -2.30. The molecule has 0 aromatic carbocycles. The maximum Gasteiger partial charge on any atom is 0.250 e. The van der Waals surface area contributed by atoms with E-state index in [0.29, 0.717) is 0 Å². The maximum atomic E-state index is 11.8. The van der Waals surface area contributed by atoms with E-state index < -0.39 is 6.43 Å². The predicted molar refractivity (Wildman–Crippen MR) is 44.5 cm³/mol. The molecular formula is C8H16F2N2. The van der Waals surface area contributed by atoms with Crippen molar-refractivity contribution in [2.24, 2.45) is 0 Å². The summed E-state index contributed by atoms with van der Waals surface area (Å²) in [6.45, 7) is 1.82. The highest BCUT2D eigenvalue weighted by Gasteiger charge is 2.17. The van der Waals surface area contributed by atoms with E-state index in [1.165, 1.54) is 0 Å². The SMILES string of the molecule is CN1CCC[C@H](NCC(F)F)C1. The zero-order valence-corrected chi connectivity index (χ0v) is 7.39. The molecule has 0 spiro atoms. The number of hydrogen-bond donors (Lipinski definition) is 1. The van der Waals surface area contributed by atoms with Crippen LogP contribution in [-0.4, -0.2) is 44.0 Å². The number of alkyl halides is 2. The van der Waals surface area contributed by atoms with Crippen LogP contribution in [0.4, 0.5) is 8.78 Å². The van der Waals surface area contributed by atoms with Gasteiger partial charge in [0, 0.05) is 12.6 Å². The molecule has 0 radical (unpaired) electrons. The molecule has 1 heterocycles. The largest absolute Gasteiger partial charge is 0.307 e. The quantitative estimate of drug-likeness (QED) is 0.691. The van der Waals surface area contributed by atoms with Crippen LogP contribution in [-0.2, 0) is 0 Å². The zero-order chi connectivity index (χ0) is 8.97. The molecule has 0 aromatic rings. The standard InChI is InChI=1S/C8H16F2N2/c1-12-4-2-3-7(6-12)11-5-8(9)10/h7-8,11H,2-6H2,1H3/t7-/m0/s1. The first-order valence-electron chi connectivity index (χ1n) is 4.38. The van der Waals surface area contributed by atoms with Crippen LogP contribution in [0, 0.1) is 0 Å². The second-order valence-corrected chi connectivity index (χ2v) is 3.40. The predicted octanol–water partition coefficient (Wildman–Crippen LogP) is 0.935. The zero-order valence-electron chi connectivity index (χ0n) is 7.39. The van der Waals surface area contributed by atoms with E-state index in [1.807, 2.05) is 7.05 Å². The molecular weight excluding hydrogens is 162 g/mol. The summed E-state index contributed by atoms with van der Waals surface area (Å²) in [5.74, 6) is 0. The number of hydrogen-bond acceptors (Lipinski definition) is 2. The first kappa shape index (κ1) is 9.86. The second kappa shape index (κ2) is 4.72. The lowest BCUT2D eigenvalue weighted by atomic mass is 10.1. The van der Waals surface area contributed by atoms with Gasteiger partial charge in [-0.1, -0.05) is 0 Å². The third kappa shape index (κ3) is 3.45. The average Bonchev–Trinajstić information content (AvgIpc) is 2.01. The molecule has 1 saturated heterocycles. The fourth-order valence-corrected chi connectivity index (χ4v) is 1.59. The van der Waals surface area contributed by atoms with Gasteiger partial charge in [0.25, 0.3) is 6.43 Å². The molecule has 0 aromatic heterocycles. The van der Waals surface area contributed by atoms with Crippen molar-refractivity contribution in [2.45, 2.75) is 25.3 Å². The monoisotopic (exact) mass is 178 g/mol. The minimum Gasteiger partial charge on any atom is -0.307 e. The summed E-state index contributed by atoms with van der Waals surface area (Å²) in [5.41, 5.74) is 0. The first-order valence-corrected chi connectivity index (χ1v) is 4.38. The highest BCUT2D eigenvalue weighted by atomic mass is 19.3. The third-order valence-electron chi connectivity index (χ3n) is 2.19. The van der Waals surface area contributed by atoms with Crippen molar-refractivity contribution in [3.05, 3.63) is 0 Å². The highest BCUT2D eigenvalue weighted by Crippen LogP contribution is 2.07. The highest BCUT2D eigenvalue weighted by molar-refractivity contribution is 4.76. The van der Waals surface area contributed by atoms with Gasteiger partial charge in [-0.25, -0.2) is 8.78 Å². The molecule has 0 unspecified atom stereocenters. The normalized spacial score (nSPS) is 26.5. The van der Waals surface area contributed by atoms with Gasteiger partial charge in [0.2, 0.25) is 0 Å². The summed E-state index contributed by atoms with van der Waals surface area (Å²) in [6.07, 6.45) is -0.0914.